The number of nitrogens with one attached hydrogen (secondary N) is 1. The lowest BCUT2D eigenvalue weighted by molar-refractivity contribution is 0.102. The number of benzene rings is 2. The third kappa shape index (κ3) is 4.27. The van der Waals surface area contributed by atoms with E-state index in [1.807, 2.05) is 30.3 Å². The summed E-state index contributed by atoms with van der Waals surface area (Å²) < 4.78 is 7.56. The van der Waals surface area contributed by atoms with Crippen molar-refractivity contribution in [1.82, 2.24) is 0 Å². The first-order valence-electron chi connectivity index (χ1n) is 8.69. The van der Waals surface area contributed by atoms with Gasteiger partial charge in [0.1, 0.15) is 0 Å². The number of nitrogens with zero attached hydrogens (tertiary/aromatic N) is 1. The van der Waals surface area contributed by atoms with Gasteiger partial charge in [0.2, 0.25) is 0 Å². The average Bonchev–Trinajstić information content (AvgIpc) is 3.35. The minimum absolute atomic E-state index is 0.254. The van der Waals surface area contributed by atoms with Crippen molar-refractivity contribution in [3.8, 4) is 0 Å². The topological polar surface area (TPSA) is 41.6 Å². The van der Waals surface area contributed by atoms with Gasteiger partial charge in [0.05, 0.1) is 23.8 Å². The molecule has 1 fully saturated rings. The molecule has 2 aliphatic rings. The predicted octanol–water partition coefficient (Wildman–Crippen LogP) is 5.52. The van der Waals surface area contributed by atoms with E-state index in [1.165, 1.54) is 0 Å². The molecule has 1 saturated heterocycles. The van der Waals surface area contributed by atoms with Gasteiger partial charge in [-0.1, -0.05) is 29.3 Å². The molecule has 0 aliphatic carbocycles. The molecule has 2 aromatic carbocycles. The summed E-state index contributed by atoms with van der Waals surface area (Å²) in [6, 6.07) is 11.1. The van der Waals surface area contributed by atoms with Crippen molar-refractivity contribution in [2.45, 2.75) is 6.42 Å². The van der Waals surface area contributed by atoms with Crippen molar-refractivity contribution in [1.29, 1.82) is 0 Å². The summed E-state index contributed by atoms with van der Waals surface area (Å²) in [5.74, 6) is 0.838. The van der Waals surface area contributed by atoms with Gasteiger partial charge < -0.3 is 14.4 Å². The lowest BCUT2D eigenvalue weighted by Crippen LogP contribution is -2.15. The number of amides is 1. The van der Waals surface area contributed by atoms with Gasteiger partial charge in [-0.05, 0) is 65.9 Å². The summed E-state index contributed by atoms with van der Waals surface area (Å²) in [4.78, 5) is 12.8. The van der Waals surface area contributed by atoms with Gasteiger partial charge in [-0.3, -0.25) is 4.79 Å². The first-order chi connectivity index (χ1) is 13.1. The molecule has 4 nitrogen and oxygen atoms in total. The number of hydrogen-bond acceptors (Lipinski definition) is 4. The predicted molar refractivity (Wildman–Crippen MR) is 114 cm³/mol. The van der Waals surface area contributed by atoms with E-state index in [0.29, 0.717) is 34.5 Å². The molecule has 4 rings (SSSR count). The fraction of sp³-hybridized carbons (Fsp3) is 0.250. The third-order valence-corrected chi connectivity index (χ3v) is 6.19. The number of hydrogen-bond donors (Lipinski definition) is 1. The third-order valence-electron chi connectivity index (χ3n) is 4.47. The molecule has 27 heavy (non-hydrogen) atoms. The Kier molecular flexibility index (Phi) is 5.64. The number of carbonyl (C=O) groups is 1. The Morgan fingerprint density at radius 2 is 2.07 bits per heavy atom. The highest BCUT2D eigenvalue weighted by molar-refractivity contribution is 8.00. The van der Waals surface area contributed by atoms with E-state index in [0.717, 1.165) is 35.5 Å². The zero-order valence-corrected chi connectivity index (χ0v) is 16.8. The van der Waals surface area contributed by atoms with E-state index in [1.54, 1.807) is 24.1 Å². The molecule has 2 aromatic rings. The van der Waals surface area contributed by atoms with E-state index < -0.39 is 0 Å². The lowest BCUT2D eigenvalue weighted by atomic mass is 10.1. The summed E-state index contributed by atoms with van der Waals surface area (Å²) >= 11 is 14.3. The SMILES string of the molecule is O=C(Nc1cc(Cl)cc(C2=CCOC2)c1)c1cc(N2CCCS2)ccc1Cl. The summed E-state index contributed by atoms with van der Waals surface area (Å²) in [7, 11) is 0. The molecule has 0 spiro atoms. The van der Waals surface area contributed by atoms with E-state index in [4.69, 9.17) is 27.9 Å². The molecule has 0 aromatic heterocycles. The van der Waals surface area contributed by atoms with E-state index in [2.05, 4.69) is 9.62 Å². The van der Waals surface area contributed by atoms with Crippen LogP contribution in [-0.4, -0.2) is 31.4 Å². The maximum atomic E-state index is 12.8. The van der Waals surface area contributed by atoms with Crippen LogP contribution < -0.4 is 9.62 Å². The minimum Gasteiger partial charge on any atom is -0.373 e. The Morgan fingerprint density at radius 3 is 2.81 bits per heavy atom. The maximum Gasteiger partial charge on any atom is 0.257 e. The van der Waals surface area contributed by atoms with E-state index in [-0.39, 0.29) is 5.91 Å². The standard InChI is InChI=1S/C20H18Cl2N2O2S/c21-15-8-14(13-4-6-26-12-13)9-16(10-15)23-20(25)18-11-17(2-3-19(18)22)24-5-1-7-27-24/h2-4,8-11H,1,5-7,12H2,(H,23,25). The zero-order chi connectivity index (χ0) is 18.8. The molecule has 1 N–H and O–H groups in total. The molecule has 1 amide bonds. The Morgan fingerprint density at radius 1 is 1.19 bits per heavy atom. The Hall–Kier alpha value is -1.66. The second kappa shape index (κ2) is 8.15. The van der Waals surface area contributed by atoms with Gasteiger partial charge in [0.25, 0.3) is 5.91 Å². The second-order valence-electron chi connectivity index (χ2n) is 6.38. The van der Waals surface area contributed by atoms with Crippen LogP contribution >= 0.6 is 35.1 Å². The molecule has 0 unspecified atom stereocenters. The molecule has 7 heteroatoms. The van der Waals surface area contributed by atoms with Crippen molar-refractivity contribution < 1.29 is 9.53 Å². The van der Waals surface area contributed by atoms with Gasteiger partial charge in [0.15, 0.2) is 0 Å². The van der Waals surface area contributed by atoms with Crippen molar-refractivity contribution >= 4 is 58.0 Å². The van der Waals surface area contributed by atoms with Crippen molar-refractivity contribution in [3.63, 3.8) is 0 Å². The van der Waals surface area contributed by atoms with Crippen LogP contribution in [-0.2, 0) is 4.74 Å². The molecule has 2 heterocycles. The van der Waals surface area contributed by atoms with Crippen LogP contribution in [0.25, 0.3) is 5.57 Å². The smallest absolute Gasteiger partial charge is 0.257 e. The normalized spacial score (nSPS) is 16.5. The lowest BCUT2D eigenvalue weighted by Gasteiger charge is -2.17. The number of halogens is 2. The summed E-state index contributed by atoms with van der Waals surface area (Å²) in [6.07, 6.45) is 3.16. The highest BCUT2D eigenvalue weighted by Crippen LogP contribution is 2.32. The van der Waals surface area contributed by atoms with Crippen LogP contribution in [0.3, 0.4) is 0 Å². The second-order valence-corrected chi connectivity index (χ2v) is 8.33. The minimum atomic E-state index is -0.254. The van der Waals surface area contributed by atoms with Gasteiger partial charge in [-0.15, -0.1) is 0 Å². The largest absolute Gasteiger partial charge is 0.373 e. The van der Waals surface area contributed by atoms with Crippen molar-refractivity contribution in [2.24, 2.45) is 0 Å². The first-order valence-corrected chi connectivity index (χ1v) is 10.4. The molecule has 140 valence electrons. The Balaban J connectivity index is 1.58. The molecular weight excluding hydrogens is 403 g/mol. The van der Waals surface area contributed by atoms with Crippen LogP contribution in [0.5, 0.6) is 0 Å². The van der Waals surface area contributed by atoms with Crippen LogP contribution in [0.15, 0.2) is 42.5 Å². The molecule has 2 aliphatic heterocycles. The highest BCUT2D eigenvalue weighted by Gasteiger charge is 2.18. The quantitative estimate of drug-likeness (QED) is 0.661. The average molecular weight is 421 g/mol. The molecule has 0 saturated carbocycles. The Labute approximate surface area is 172 Å². The van der Waals surface area contributed by atoms with Crippen LogP contribution in [0.2, 0.25) is 10.0 Å². The van der Waals surface area contributed by atoms with Crippen LogP contribution in [0.1, 0.15) is 22.3 Å². The molecule has 0 atom stereocenters. The number of carbonyl (C=O) groups excluding carboxylic acids is 1. The number of ether oxygens (including phenoxy) is 1. The summed E-state index contributed by atoms with van der Waals surface area (Å²) in [5, 5.41) is 3.91. The van der Waals surface area contributed by atoms with Crippen LogP contribution in [0.4, 0.5) is 11.4 Å². The fourth-order valence-corrected chi connectivity index (χ4v) is 4.57. The van der Waals surface area contributed by atoms with Crippen LogP contribution in [0, 0.1) is 0 Å². The highest BCUT2D eigenvalue weighted by atomic mass is 35.5. The maximum absolute atomic E-state index is 12.8. The number of rotatable bonds is 4. The van der Waals surface area contributed by atoms with Gasteiger partial charge in [0, 0.05) is 28.7 Å². The summed E-state index contributed by atoms with van der Waals surface area (Å²) in [6.45, 7) is 2.12. The zero-order valence-electron chi connectivity index (χ0n) is 14.5. The van der Waals surface area contributed by atoms with Gasteiger partial charge in [-0.2, -0.15) is 0 Å². The number of anilines is 2. The molecular formula is C20H18Cl2N2O2S. The van der Waals surface area contributed by atoms with Gasteiger partial charge in [-0.25, -0.2) is 0 Å². The molecule has 0 bridgehead atoms. The van der Waals surface area contributed by atoms with Crippen molar-refractivity contribution in [3.05, 3.63) is 63.6 Å². The van der Waals surface area contributed by atoms with E-state index >= 15 is 0 Å². The fourth-order valence-electron chi connectivity index (χ4n) is 3.13. The summed E-state index contributed by atoms with van der Waals surface area (Å²) in [5.41, 5.74) is 4.09. The molecule has 0 radical (unpaired) electrons. The van der Waals surface area contributed by atoms with Gasteiger partial charge >= 0.3 is 0 Å². The van der Waals surface area contributed by atoms with E-state index in [9.17, 15) is 4.79 Å². The Bertz CT molecular complexity index is 911. The van der Waals surface area contributed by atoms with Crippen molar-refractivity contribution in [2.75, 3.05) is 35.1 Å². The monoisotopic (exact) mass is 420 g/mol. The first kappa shape index (κ1) is 18.7.